The van der Waals surface area contributed by atoms with Crippen molar-refractivity contribution in [1.82, 2.24) is 0 Å². The third-order valence-corrected chi connectivity index (χ3v) is 0.667. The Hall–Kier alpha value is 0.276. The van der Waals surface area contributed by atoms with Crippen molar-refractivity contribution in [3.05, 3.63) is 43.8 Å². The first-order chi connectivity index (χ1) is 3.00. The van der Waals surface area contributed by atoms with E-state index in [1.807, 2.05) is 36.4 Å². The zero-order chi connectivity index (χ0) is 4.24. The van der Waals surface area contributed by atoms with Crippen molar-refractivity contribution in [2.75, 3.05) is 0 Å². The molecule has 0 unspecified atom stereocenters. The summed E-state index contributed by atoms with van der Waals surface area (Å²) in [5.74, 6) is 0. The van der Waals surface area contributed by atoms with Crippen LogP contribution in [-0.2, 0) is 0 Å². The van der Waals surface area contributed by atoms with Crippen LogP contribution in [0.15, 0.2) is 36.4 Å². The molecule has 0 saturated heterocycles. The zero-order valence-electron chi connectivity index (χ0n) is 5.55. The summed E-state index contributed by atoms with van der Waals surface area (Å²) in [6.07, 6.45) is 0. The molecule has 0 aliphatic heterocycles. The Morgan fingerprint density at radius 2 is 0.667 bits per heavy atom. The van der Waals surface area contributed by atoms with Crippen LogP contribution >= 0.6 is 0 Å². The van der Waals surface area contributed by atoms with Gasteiger partial charge in [-0.2, -0.15) is 0 Å². The molecule has 0 aliphatic rings. The van der Waals surface area contributed by atoms with E-state index in [0.717, 1.165) is 0 Å². The molecule has 0 aliphatic carbocycles. The van der Waals surface area contributed by atoms with Gasteiger partial charge in [0, 0.05) is 0 Å². The van der Waals surface area contributed by atoms with Gasteiger partial charge in [-0.1, -0.05) is 36.4 Å². The molecule has 0 N–H and O–H groups in total. The van der Waals surface area contributed by atoms with Crippen LogP contribution < -0.4 is 12.4 Å². The standard InChI is InChI=1S/C6H6.CH3.ClH.Mg/c1-2-4-6-5-3-1;;;/h1-6H;1H3;1H;/q;-1;;+2/p-1. The summed E-state index contributed by atoms with van der Waals surface area (Å²) in [4.78, 5) is 0. The molecule has 9 heavy (non-hydrogen) atoms. The Bertz CT molecular complexity index is 80.8. The summed E-state index contributed by atoms with van der Waals surface area (Å²) in [7, 11) is 0. The summed E-state index contributed by atoms with van der Waals surface area (Å²) in [5, 5.41) is 0. The number of hydrogen-bond acceptors (Lipinski definition) is 0. The molecule has 0 spiro atoms. The van der Waals surface area contributed by atoms with E-state index in [1.54, 1.807) is 0 Å². The van der Waals surface area contributed by atoms with Crippen LogP contribution in [0.2, 0.25) is 0 Å². The third kappa shape index (κ3) is 8.28. The fourth-order valence-corrected chi connectivity index (χ4v) is 0.385. The number of rotatable bonds is 0. The minimum absolute atomic E-state index is 0. The van der Waals surface area contributed by atoms with Gasteiger partial charge in [0.2, 0.25) is 0 Å². The Labute approximate surface area is 79.2 Å². The smallest absolute Gasteiger partial charge is 1.00 e. The van der Waals surface area contributed by atoms with Gasteiger partial charge in [0.1, 0.15) is 0 Å². The van der Waals surface area contributed by atoms with E-state index in [0.29, 0.717) is 0 Å². The SMILES string of the molecule is [CH3-].[Cl-].[Mg+2].c1ccccc1. The summed E-state index contributed by atoms with van der Waals surface area (Å²) in [6, 6.07) is 12.0. The van der Waals surface area contributed by atoms with Crippen molar-refractivity contribution in [2.45, 2.75) is 0 Å². The van der Waals surface area contributed by atoms with Gasteiger partial charge in [-0.05, 0) is 0 Å². The molecule has 1 aromatic carbocycles. The van der Waals surface area contributed by atoms with E-state index < -0.39 is 0 Å². The fourth-order valence-electron chi connectivity index (χ4n) is 0.385. The van der Waals surface area contributed by atoms with Crippen molar-refractivity contribution in [2.24, 2.45) is 0 Å². The average molecular weight is 153 g/mol. The molecule has 0 amide bonds. The first-order valence-electron chi connectivity index (χ1n) is 2.00. The number of halogens is 1. The van der Waals surface area contributed by atoms with Crippen molar-refractivity contribution in [1.29, 1.82) is 0 Å². The second-order valence-electron chi connectivity index (χ2n) is 1.15. The van der Waals surface area contributed by atoms with Gasteiger partial charge in [-0.25, -0.2) is 0 Å². The molecule has 2 heteroatoms. The van der Waals surface area contributed by atoms with E-state index in [4.69, 9.17) is 0 Å². The van der Waals surface area contributed by atoms with Crippen LogP contribution in [-0.4, -0.2) is 23.1 Å². The molecule has 0 saturated carbocycles. The van der Waals surface area contributed by atoms with Gasteiger partial charge in [-0.3, -0.25) is 0 Å². The Kier molecular flexibility index (Phi) is 19.9. The topological polar surface area (TPSA) is 0 Å². The second-order valence-corrected chi connectivity index (χ2v) is 1.15. The summed E-state index contributed by atoms with van der Waals surface area (Å²) in [6.45, 7) is 0. The maximum absolute atomic E-state index is 2.00. The van der Waals surface area contributed by atoms with Crippen LogP contribution in [0.4, 0.5) is 0 Å². The molecule has 46 valence electrons. The van der Waals surface area contributed by atoms with Crippen LogP contribution in [0.5, 0.6) is 0 Å². The largest absolute Gasteiger partial charge is 2.00 e. The van der Waals surface area contributed by atoms with Crippen molar-refractivity contribution in [3.8, 4) is 0 Å². The van der Waals surface area contributed by atoms with E-state index in [2.05, 4.69) is 0 Å². The molecule has 0 atom stereocenters. The average Bonchev–Trinajstić information content (AvgIpc) is 1.72. The minimum Gasteiger partial charge on any atom is -1.00 e. The second kappa shape index (κ2) is 11.1. The molecule has 0 aromatic heterocycles. The van der Waals surface area contributed by atoms with Crippen molar-refractivity contribution in [3.63, 3.8) is 0 Å². The van der Waals surface area contributed by atoms with E-state index in [-0.39, 0.29) is 42.9 Å². The molecule has 1 rings (SSSR count). The Morgan fingerprint density at radius 3 is 0.778 bits per heavy atom. The number of hydrogen-bond donors (Lipinski definition) is 0. The molecule has 0 fully saturated rings. The van der Waals surface area contributed by atoms with E-state index in [9.17, 15) is 0 Å². The molecule has 0 radical (unpaired) electrons. The molecular formula is C7H9ClMg. The normalized spacial score (nSPS) is 5.33. The van der Waals surface area contributed by atoms with E-state index in [1.165, 1.54) is 0 Å². The van der Waals surface area contributed by atoms with Gasteiger partial charge in [-0.15, -0.1) is 0 Å². The van der Waals surface area contributed by atoms with Gasteiger partial charge < -0.3 is 19.8 Å². The maximum atomic E-state index is 2.00. The van der Waals surface area contributed by atoms with Crippen molar-refractivity contribution < 1.29 is 12.4 Å². The Balaban J connectivity index is -0.000000120. The summed E-state index contributed by atoms with van der Waals surface area (Å²) in [5.41, 5.74) is 0. The molecule has 1 aromatic rings. The zero-order valence-corrected chi connectivity index (χ0v) is 7.72. The van der Waals surface area contributed by atoms with Crippen LogP contribution in [0.3, 0.4) is 0 Å². The molecular weight excluding hydrogens is 144 g/mol. The monoisotopic (exact) mass is 152 g/mol. The first kappa shape index (κ1) is 16.1. The maximum Gasteiger partial charge on any atom is 2.00 e. The minimum atomic E-state index is 0. The number of benzene rings is 1. The quantitative estimate of drug-likeness (QED) is 0.323. The molecule has 0 bridgehead atoms. The molecule has 0 heterocycles. The van der Waals surface area contributed by atoms with Gasteiger partial charge in [0.25, 0.3) is 0 Å². The van der Waals surface area contributed by atoms with E-state index >= 15 is 0 Å². The van der Waals surface area contributed by atoms with Crippen LogP contribution in [0, 0.1) is 7.43 Å². The summed E-state index contributed by atoms with van der Waals surface area (Å²) < 4.78 is 0. The van der Waals surface area contributed by atoms with Crippen LogP contribution in [0.25, 0.3) is 0 Å². The van der Waals surface area contributed by atoms with Gasteiger partial charge in [0.05, 0.1) is 0 Å². The fraction of sp³-hybridized carbons (Fsp3) is 0. The third-order valence-electron chi connectivity index (χ3n) is 0.667. The van der Waals surface area contributed by atoms with Gasteiger partial charge >= 0.3 is 23.1 Å². The van der Waals surface area contributed by atoms with Gasteiger partial charge in [0.15, 0.2) is 0 Å². The van der Waals surface area contributed by atoms with Crippen molar-refractivity contribution >= 4 is 23.1 Å². The predicted molar refractivity (Wildman–Crippen MR) is 38.6 cm³/mol. The first-order valence-corrected chi connectivity index (χ1v) is 2.00. The Morgan fingerprint density at radius 1 is 0.556 bits per heavy atom. The van der Waals surface area contributed by atoms with Crippen LogP contribution in [0.1, 0.15) is 0 Å². The predicted octanol–water partition coefficient (Wildman–Crippen LogP) is -1.24. The summed E-state index contributed by atoms with van der Waals surface area (Å²) >= 11 is 0. The molecule has 0 nitrogen and oxygen atoms in total.